The van der Waals surface area contributed by atoms with E-state index in [-0.39, 0.29) is 5.91 Å². The smallest absolute Gasteiger partial charge is 0.237 e. The average Bonchev–Trinajstić information content (AvgIpc) is 2.39. The number of nitrogen functional groups attached to an aromatic ring is 1. The van der Waals surface area contributed by atoms with Crippen LogP contribution in [0.15, 0.2) is 24.3 Å². The van der Waals surface area contributed by atoms with Crippen LogP contribution in [-0.2, 0) is 4.79 Å². The Morgan fingerprint density at radius 1 is 1.11 bits per heavy atom. The first-order valence-corrected chi connectivity index (χ1v) is 6.56. The minimum absolute atomic E-state index is 0.270. The highest BCUT2D eigenvalue weighted by Crippen LogP contribution is 2.21. The van der Waals surface area contributed by atoms with Crippen molar-refractivity contribution in [3.63, 3.8) is 0 Å². The van der Waals surface area contributed by atoms with Gasteiger partial charge in [0.15, 0.2) is 0 Å². The zero-order chi connectivity index (χ0) is 14.0. The molecule has 1 fully saturated rings. The number of hydrogen-bond acceptors (Lipinski definition) is 4. The first-order chi connectivity index (χ1) is 8.91. The van der Waals surface area contributed by atoms with Gasteiger partial charge in [-0.05, 0) is 38.1 Å². The Kier molecular flexibility index (Phi) is 3.66. The molecule has 1 amide bonds. The Labute approximate surface area is 114 Å². The lowest BCUT2D eigenvalue weighted by molar-refractivity contribution is -0.128. The van der Waals surface area contributed by atoms with E-state index in [1.807, 2.05) is 38.1 Å². The maximum Gasteiger partial charge on any atom is 0.237 e. The second-order valence-corrected chi connectivity index (χ2v) is 5.49. The molecule has 2 rings (SSSR count). The van der Waals surface area contributed by atoms with Crippen LogP contribution in [0.25, 0.3) is 0 Å². The summed E-state index contributed by atoms with van der Waals surface area (Å²) in [6.07, 6.45) is 0. The van der Waals surface area contributed by atoms with Gasteiger partial charge in [0.1, 0.15) is 0 Å². The molecule has 0 aliphatic carbocycles. The minimum Gasteiger partial charge on any atom is -0.399 e. The maximum atomic E-state index is 11.5. The summed E-state index contributed by atoms with van der Waals surface area (Å²) in [5.74, 6) is -0.270. The number of primary amides is 1. The van der Waals surface area contributed by atoms with Crippen molar-refractivity contribution in [3.05, 3.63) is 24.3 Å². The molecule has 0 unspecified atom stereocenters. The van der Waals surface area contributed by atoms with E-state index in [2.05, 4.69) is 9.80 Å². The molecule has 104 valence electrons. The molecule has 1 aliphatic heterocycles. The summed E-state index contributed by atoms with van der Waals surface area (Å²) < 4.78 is 0. The van der Waals surface area contributed by atoms with Crippen LogP contribution in [0.2, 0.25) is 0 Å². The van der Waals surface area contributed by atoms with Gasteiger partial charge in [-0.3, -0.25) is 9.69 Å². The van der Waals surface area contributed by atoms with Crippen LogP contribution in [0.1, 0.15) is 13.8 Å². The maximum absolute atomic E-state index is 11.5. The lowest BCUT2D eigenvalue weighted by atomic mass is 10.0. The number of amides is 1. The molecular formula is C14H22N4O. The van der Waals surface area contributed by atoms with Crippen molar-refractivity contribution in [3.8, 4) is 0 Å². The van der Waals surface area contributed by atoms with Gasteiger partial charge >= 0.3 is 0 Å². The molecular weight excluding hydrogens is 240 g/mol. The van der Waals surface area contributed by atoms with Gasteiger partial charge in [0, 0.05) is 37.6 Å². The fourth-order valence-electron chi connectivity index (χ4n) is 2.36. The second-order valence-electron chi connectivity index (χ2n) is 5.49. The van der Waals surface area contributed by atoms with E-state index >= 15 is 0 Å². The van der Waals surface area contributed by atoms with Crippen LogP contribution >= 0.6 is 0 Å². The van der Waals surface area contributed by atoms with E-state index in [1.54, 1.807) is 0 Å². The highest BCUT2D eigenvalue weighted by molar-refractivity contribution is 5.83. The summed E-state index contributed by atoms with van der Waals surface area (Å²) in [5.41, 5.74) is 12.5. The van der Waals surface area contributed by atoms with Gasteiger partial charge in [-0.1, -0.05) is 0 Å². The Hall–Kier alpha value is -1.75. The van der Waals surface area contributed by atoms with E-state index < -0.39 is 5.54 Å². The molecule has 1 aliphatic rings. The zero-order valence-electron chi connectivity index (χ0n) is 11.6. The Bertz CT molecular complexity index is 447. The first-order valence-electron chi connectivity index (χ1n) is 6.56. The molecule has 0 atom stereocenters. The summed E-state index contributed by atoms with van der Waals surface area (Å²) in [5, 5.41) is 0. The summed E-state index contributed by atoms with van der Waals surface area (Å²) >= 11 is 0. The molecule has 4 N–H and O–H groups in total. The van der Waals surface area contributed by atoms with Gasteiger partial charge in [0.2, 0.25) is 5.91 Å². The SMILES string of the molecule is CC(C)(C(N)=O)N1CCN(c2ccc(N)cc2)CC1. The highest BCUT2D eigenvalue weighted by Gasteiger charge is 2.34. The van der Waals surface area contributed by atoms with Crippen molar-refractivity contribution >= 4 is 17.3 Å². The van der Waals surface area contributed by atoms with Crippen molar-refractivity contribution in [1.82, 2.24) is 4.90 Å². The molecule has 1 saturated heterocycles. The van der Waals surface area contributed by atoms with Crippen molar-refractivity contribution < 1.29 is 4.79 Å². The predicted molar refractivity (Wildman–Crippen MR) is 77.9 cm³/mol. The molecule has 0 aromatic heterocycles. The molecule has 5 heteroatoms. The lowest BCUT2D eigenvalue weighted by Crippen LogP contribution is -2.59. The monoisotopic (exact) mass is 262 g/mol. The molecule has 0 bridgehead atoms. The normalized spacial score (nSPS) is 17.5. The summed E-state index contributed by atoms with van der Waals surface area (Å²) in [6, 6.07) is 7.89. The van der Waals surface area contributed by atoms with Crippen LogP contribution in [0.3, 0.4) is 0 Å². The lowest BCUT2D eigenvalue weighted by Gasteiger charge is -2.43. The number of anilines is 2. The predicted octanol–water partition coefficient (Wildman–Crippen LogP) is 0.655. The van der Waals surface area contributed by atoms with Crippen molar-refractivity contribution in [2.75, 3.05) is 36.8 Å². The molecule has 0 radical (unpaired) electrons. The number of rotatable bonds is 3. The van der Waals surface area contributed by atoms with E-state index in [1.165, 1.54) is 5.69 Å². The number of hydrogen-bond donors (Lipinski definition) is 2. The van der Waals surface area contributed by atoms with Crippen LogP contribution in [0.4, 0.5) is 11.4 Å². The number of nitrogens with two attached hydrogens (primary N) is 2. The Balaban J connectivity index is 1.99. The quantitative estimate of drug-likeness (QED) is 0.784. The Morgan fingerprint density at radius 3 is 2.11 bits per heavy atom. The van der Waals surface area contributed by atoms with Crippen molar-refractivity contribution in [1.29, 1.82) is 0 Å². The number of piperazine rings is 1. The van der Waals surface area contributed by atoms with Crippen molar-refractivity contribution in [2.45, 2.75) is 19.4 Å². The van der Waals surface area contributed by atoms with Gasteiger partial charge in [0.05, 0.1) is 5.54 Å². The summed E-state index contributed by atoms with van der Waals surface area (Å²) in [6.45, 7) is 7.21. The van der Waals surface area contributed by atoms with Gasteiger partial charge < -0.3 is 16.4 Å². The fraction of sp³-hybridized carbons (Fsp3) is 0.500. The zero-order valence-corrected chi connectivity index (χ0v) is 11.6. The molecule has 1 heterocycles. The van der Waals surface area contributed by atoms with Gasteiger partial charge in [-0.2, -0.15) is 0 Å². The second kappa shape index (κ2) is 5.09. The molecule has 0 spiro atoms. The first kappa shape index (κ1) is 13.7. The molecule has 0 saturated carbocycles. The summed E-state index contributed by atoms with van der Waals surface area (Å²) in [4.78, 5) is 15.9. The van der Waals surface area contributed by atoms with E-state index in [0.29, 0.717) is 0 Å². The minimum atomic E-state index is -0.576. The van der Waals surface area contributed by atoms with E-state index in [4.69, 9.17) is 11.5 Å². The molecule has 19 heavy (non-hydrogen) atoms. The van der Waals surface area contributed by atoms with Gasteiger partial charge in [-0.25, -0.2) is 0 Å². The van der Waals surface area contributed by atoms with Crippen LogP contribution < -0.4 is 16.4 Å². The Morgan fingerprint density at radius 2 is 1.63 bits per heavy atom. The molecule has 5 nitrogen and oxygen atoms in total. The van der Waals surface area contributed by atoms with Crippen LogP contribution in [0, 0.1) is 0 Å². The third kappa shape index (κ3) is 2.81. The third-order valence-electron chi connectivity index (χ3n) is 3.93. The van der Waals surface area contributed by atoms with E-state index in [9.17, 15) is 4.79 Å². The van der Waals surface area contributed by atoms with Crippen LogP contribution in [0.5, 0.6) is 0 Å². The number of nitrogens with zero attached hydrogens (tertiary/aromatic N) is 2. The average molecular weight is 262 g/mol. The van der Waals surface area contributed by atoms with E-state index in [0.717, 1.165) is 31.9 Å². The fourth-order valence-corrected chi connectivity index (χ4v) is 2.36. The highest BCUT2D eigenvalue weighted by atomic mass is 16.1. The number of carbonyl (C=O) groups excluding carboxylic acids is 1. The van der Waals surface area contributed by atoms with Gasteiger partial charge in [-0.15, -0.1) is 0 Å². The third-order valence-corrected chi connectivity index (χ3v) is 3.93. The topological polar surface area (TPSA) is 75.6 Å². The van der Waals surface area contributed by atoms with Crippen molar-refractivity contribution in [2.24, 2.45) is 5.73 Å². The standard InChI is InChI=1S/C14H22N4O/c1-14(2,13(16)19)18-9-7-17(8-10-18)12-5-3-11(15)4-6-12/h3-6H,7-10,15H2,1-2H3,(H2,16,19). The molecule has 1 aromatic rings. The number of carbonyl (C=O) groups is 1. The summed E-state index contributed by atoms with van der Waals surface area (Å²) in [7, 11) is 0. The molecule has 1 aromatic carbocycles. The number of benzene rings is 1. The van der Waals surface area contributed by atoms with Crippen LogP contribution in [-0.4, -0.2) is 42.5 Å². The van der Waals surface area contributed by atoms with Gasteiger partial charge in [0.25, 0.3) is 0 Å². The largest absolute Gasteiger partial charge is 0.399 e.